The van der Waals surface area contributed by atoms with Crippen molar-refractivity contribution in [1.29, 1.82) is 0 Å². The molecule has 1 amide bonds. The Morgan fingerprint density at radius 1 is 1.37 bits per heavy atom. The van der Waals surface area contributed by atoms with Gasteiger partial charge in [-0.2, -0.15) is 0 Å². The third-order valence-corrected chi connectivity index (χ3v) is 4.35. The number of aromatic nitrogens is 1. The Morgan fingerprint density at radius 3 is 2.89 bits per heavy atom. The molecule has 3 rings (SSSR count). The van der Waals surface area contributed by atoms with Crippen molar-refractivity contribution in [2.24, 2.45) is 5.92 Å². The number of carbonyl (C=O) groups excluding carboxylic acids is 1. The molecular formula is C15H19BrN2O. The van der Waals surface area contributed by atoms with E-state index in [1.165, 1.54) is 19.3 Å². The molecule has 1 N–H and O–H groups in total. The predicted molar refractivity (Wildman–Crippen MR) is 79.2 cm³/mol. The van der Waals surface area contributed by atoms with Crippen molar-refractivity contribution in [3.05, 3.63) is 34.6 Å². The highest BCUT2D eigenvalue weighted by molar-refractivity contribution is 9.10. The number of halogens is 1. The number of rotatable bonds is 4. The third kappa shape index (κ3) is 3.11. The Balaban J connectivity index is 1.61. The minimum atomic E-state index is 0.0622. The molecule has 0 saturated heterocycles. The van der Waals surface area contributed by atoms with Crippen LogP contribution in [0.1, 0.15) is 48.6 Å². The maximum absolute atomic E-state index is 12.3. The van der Waals surface area contributed by atoms with E-state index in [9.17, 15) is 4.79 Å². The summed E-state index contributed by atoms with van der Waals surface area (Å²) in [7, 11) is 0. The second-order valence-corrected chi connectivity index (χ2v) is 6.46. The first kappa shape index (κ1) is 13.0. The van der Waals surface area contributed by atoms with Crippen LogP contribution in [-0.4, -0.2) is 17.0 Å². The minimum Gasteiger partial charge on any atom is -0.350 e. The van der Waals surface area contributed by atoms with E-state index in [1.54, 1.807) is 0 Å². The van der Waals surface area contributed by atoms with E-state index in [0.29, 0.717) is 12.0 Å². The van der Waals surface area contributed by atoms with E-state index in [0.717, 1.165) is 29.6 Å². The Morgan fingerprint density at radius 2 is 2.21 bits per heavy atom. The lowest BCUT2D eigenvalue weighted by atomic mass is 9.94. The normalized spacial score (nSPS) is 22.5. The van der Waals surface area contributed by atoms with Crippen LogP contribution in [0.5, 0.6) is 0 Å². The topological polar surface area (TPSA) is 34.0 Å². The summed E-state index contributed by atoms with van der Waals surface area (Å²) in [6, 6.07) is 2.46. The molecule has 0 aliphatic heterocycles. The van der Waals surface area contributed by atoms with Gasteiger partial charge in [-0.1, -0.05) is 12.2 Å². The number of nitrogens with one attached hydrogen (secondary N) is 1. The molecule has 2 aliphatic rings. The number of amides is 1. The van der Waals surface area contributed by atoms with Crippen LogP contribution in [-0.2, 0) is 0 Å². The summed E-state index contributed by atoms with van der Waals surface area (Å²) in [5.74, 6) is 0.661. The minimum absolute atomic E-state index is 0.0622. The lowest BCUT2D eigenvalue weighted by molar-refractivity contribution is 0.0936. The summed E-state index contributed by atoms with van der Waals surface area (Å²) in [5.41, 5.74) is 0.792. The average Bonchev–Trinajstić information content (AvgIpc) is 3.20. The zero-order chi connectivity index (χ0) is 13.2. The molecule has 3 nitrogen and oxygen atoms in total. The van der Waals surface area contributed by atoms with Crippen molar-refractivity contribution in [2.45, 2.75) is 38.1 Å². The van der Waals surface area contributed by atoms with E-state index >= 15 is 0 Å². The maximum Gasteiger partial charge on any atom is 0.267 e. The smallest absolute Gasteiger partial charge is 0.267 e. The summed E-state index contributed by atoms with van der Waals surface area (Å²) in [6.07, 6.45) is 12.3. The van der Waals surface area contributed by atoms with Crippen LogP contribution in [0.4, 0.5) is 0 Å². The van der Waals surface area contributed by atoms with Crippen LogP contribution < -0.4 is 5.32 Å². The van der Waals surface area contributed by atoms with Crippen molar-refractivity contribution >= 4 is 21.8 Å². The van der Waals surface area contributed by atoms with Crippen LogP contribution in [0.2, 0.25) is 0 Å². The molecule has 0 aromatic carbocycles. The van der Waals surface area contributed by atoms with Crippen LogP contribution in [0.25, 0.3) is 0 Å². The van der Waals surface area contributed by atoms with Gasteiger partial charge in [0, 0.05) is 23.3 Å². The van der Waals surface area contributed by atoms with Crippen LogP contribution >= 0.6 is 15.9 Å². The van der Waals surface area contributed by atoms with Gasteiger partial charge >= 0.3 is 0 Å². The standard InChI is InChI=1S/C15H19BrN2O/c16-12-8-14(18(10-12)13-6-7-13)15(19)17-9-11-4-2-1-3-5-11/h1-2,8,10-11,13H,3-7,9H2,(H,17,19). The molecule has 1 aromatic rings. The van der Waals surface area contributed by atoms with Gasteiger partial charge in [-0.3, -0.25) is 4.79 Å². The van der Waals surface area contributed by atoms with Gasteiger partial charge in [0.25, 0.3) is 5.91 Å². The fourth-order valence-electron chi connectivity index (χ4n) is 2.65. The molecular weight excluding hydrogens is 304 g/mol. The Bertz CT molecular complexity index is 502. The van der Waals surface area contributed by atoms with E-state index in [4.69, 9.17) is 0 Å². The van der Waals surface area contributed by atoms with Crippen molar-refractivity contribution in [3.8, 4) is 0 Å². The van der Waals surface area contributed by atoms with E-state index < -0.39 is 0 Å². The number of allylic oxidation sites excluding steroid dienone is 2. The highest BCUT2D eigenvalue weighted by Crippen LogP contribution is 2.37. The first-order chi connectivity index (χ1) is 9.24. The molecule has 1 aromatic heterocycles. The molecule has 0 spiro atoms. The lowest BCUT2D eigenvalue weighted by Gasteiger charge is -2.18. The summed E-state index contributed by atoms with van der Waals surface area (Å²) in [6.45, 7) is 0.788. The first-order valence-electron chi connectivity index (χ1n) is 7.04. The van der Waals surface area contributed by atoms with E-state index in [-0.39, 0.29) is 5.91 Å². The van der Waals surface area contributed by atoms with Crippen molar-refractivity contribution in [3.63, 3.8) is 0 Å². The molecule has 2 aliphatic carbocycles. The summed E-state index contributed by atoms with van der Waals surface area (Å²) < 4.78 is 3.10. The molecule has 1 atom stereocenters. The van der Waals surface area contributed by atoms with Crippen molar-refractivity contribution < 1.29 is 4.79 Å². The van der Waals surface area contributed by atoms with Crippen LogP contribution in [0, 0.1) is 5.92 Å². The first-order valence-corrected chi connectivity index (χ1v) is 7.84. The summed E-state index contributed by atoms with van der Waals surface area (Å²) in [5, 5.41) is 3.09. The molecule has 19 heavy (non-hydrogen) atoms. The molecule has 0 bridgehead atoms. The van der Waals surface area contributed by atoms with Crippen LogP contribution in [0.15, 0.2) is 28.9 Å². The van der Waals surface area contributed by atoms with Gasteiger partial charge in [0.2, 0.25) is 0 Å². The number of hydrogen-bond acceptors (Lipinski definition) is 1. The zero-order valence-corrected chi connectivity index (χ0v) is 12.5. The number of nitrogens with zero attached hydrogens (tertiary/aromatic N) is 1. The van der Waals surface area contributed by atoms with E-state index in [1.807, 2.05) is 12.3 Å². The fraction of sp³-hybridized carbons (Fsp3) is 0.533. The molecule has 4 heteroatoms. The monoisotopic (exact) mass is 322 g/mol. The van der Waals surface area contributed by atoms with Gasteiger partial charge in [-0.25, -0.2) is 0 Å². The average molecular weight is 323 g/mol. The molecule has 1 fully saturated rings. The van der Waals surface area contributed by atoms with Gasteiger partial charge in [-0.05, 0) is 60.0 Å². The third-order valence-electron chi connectivity index (χ3n) is 3.92. The second-order valence-electron chi connectivity index (χ2n) is 5.54. The molecule has 1 heterocycles. The molecule has 1 unspecified atom stereocenters. The quantitative estimate of drug-likeness (QED) is 0.843. The van der Waals surface area contributed by atoms with Gasteiger partial charge in [0.05, 0.1) is 0 Å². The highest BCUT2D eigenvalue weighted by atomic mass is 79.9. The van der Waals surface area contributed by atoms with Crippen molar-refractivity contribution in [2.75, 3.05) is 6.54 Å². The highest BCUT2D eigenvalue weighted by Gasteiger charge is 2.27. The van der Waals surface area contributed by atoms with Gasteiger partial charge < -0.3 is 9.88 Å². The zero-order valence-electron chi connectivity index (χ0n) is 10.9. The van der Waals surface area contributed by atoms with E-state index in [2.05, 4.69) is 38.0 Å². The van der Waals surface area contributed by atoms with Crippen LogP contribution in [0.3, 0.4) is 0 Å². The van der Waals surface area contributed by atoms with Gasteiger partial charge in [-0.15, -0.1) is 0 Å². The number of hydrogen-bond donors (Lipinski definition) is 1. The Hall–Kier alpha value is -1.03. The maximum atomic E-state index is 12.3. The largest absolute Gasteiger partial charge is 0.350 e. The summed E-state index contributed by atoms with van der Waals surface area (Å²) in [4.78, 5) is 12.3. The SMILES string of the molecule is O=C(NCC1CC=CCC1)c1cc(Br)cn1C1CC1. The Labute approximate surface area is 122 Å². The van der Waals surface area contributed by atoms with Gasteiger partial charge in [0.1, 0.15) is 5.69 Å². The fourth-order valence-corrected chi connectivity index (χ4v) is 3.09. The summed E-state index contributed by atoms with van der Waals surface area (Å²) >= 11 is 3.47. The number of carbonyl (C=O) groups is 1. The van der Waals surface area contributed by atoms with Crippen molar-refractivity contribution in [1.82, 2.24) is 9.88 Å². The predicted octanol–water partition coefficient (Wildman–Crippen LogP) is 3.67. The second kappa shape index (κ2) is 5.53. The molecule has 102 valence electrons. The molecule has 0 radical (unpaired) electrons. The lowest BCUT2D eigenvalue weighted by Crippen LogP contribution is -2.31. The molecule has 1 saturated carbocycles. The van der Waals surface area contributed by atoms with Gasteiger partial charge in [0.15, 0.2) is 0 Å². The Kier molecular flexibility index (Phi) is 3.78.